The molecule has 0 unspecified atom stereocenters. The van der Waals surface area contributed by atoms with E-state index in [-0.39, 0.29) is 29.3 Å². The number of aryl methyl sites for hydroxylation is 1. The van der Waals surface area contributed by atoms with Gasteiger partial charge in [0.2, 0.25) is 0 Å². The third-order valence-electron chi connectivity index (χ3n) is 5.13. The third-order valence-corrected chi connectivity index (χ3v) is 6.51. The molecule has 1 aromatic heterocycles. The number of fused-ring (bicyclic) bond motifs is 1. The first-order valence-corrected chi connectivity index (χ1v) is 12.5. The Hall–Kier alpha value is -3.12. The van der Waals surface area contributed by atoms with Crippen molar-refractivity contribution in [1.82, 2.24) is 14.9 Å². The van der Waals surface area contributed by atoms with E-state index in [0.717, 1.165) is 0 Å². The van der Waals surface area contributed by atoms with Crippen molar-refractivity contribution in [2.45, 2.75) is 13.3 Å². The van der Waals surface area contributed by atoms with Gasteiger partial charge >= 0.3 is 11.7 Å². The molecule has 3 aromatic rings. The molecule has 3 rings (SSSR count). The molecule has 188 valence electrons. The van der Waals surface area contributed by atoms with Crippen molar-refractivity contribution < 1.29 is 22.4 Å². The third kappa shape index (κ3) is 6.73. The molecule has 0 fully saturated rings. The number of hydrogen-bond acceptors (Lipinski definition) is 7. The number of nitrogens with one attached hydrogen (secondary N) is 3. The lowest BCUT2D eigenvalue weighted by atomic mass is 9.99. The summed E-state index contributed by atoms with van der Waals surface area (Å²) in [5, 5.41) is 3.65. The number of halogens is 1. The van der Waals surface area contributed by atoms with Crippen LogP contribution in [0.3, 0.4) is 0 Å². The highest BCUT2D eigenvalue weighted by Crippen LogP contribution is 2.32. The Morgan fingerprint density at radius 2 is 1.91 bits per heavy atom. The van der Waals surface area contributed by atoms with E-state index in [0.29, 0.717) is 34.3 Å². The molecule has 1 heterocycles. The van der Waals surface area contributed by atoms with E-state index in [1.54, 1.807) is 44.3 Å². The maximum Gasteiger partial charge on any atom is 0.414 e. The fraction of sp³-hybridized carbons (Fsp3) is 0.304. The molecular formula is C23H27ClN4O6S. The number of nitrogens with zero attached hydrogens (tertiary/aromatic N) is 1. The number of hydrogen-bond donors (Lipinski definition) is 3. The van der Waals surface area contributed by atoms with Crippen LogP contribution in [-0.4, -0.2) is 53.6 Å². The predicted molar refractivity (Wildman–Crippen MR) is 136 cm³/mol. The summed E-state index contributed by atoms with van der Waals surface area (Å²) >= 11 is 6.31. The molecular weight excluding hydrogens is 496 g/mol. The van der Waals surface area contributed by atoms with Crippen LogP contribution in [0.2, 0.25) is 5.02 Å². The van der Waals surface area contributed by atoms with Gasteiger partial charge in [0.15, 0.2) is 5.75 Å². The Bertz CT molecular complexity index is 1410. The van der Waals surface area contributed by atoms with Gasteiger partial charge in [-0.25, -0.2) is 9.59 Å². The second-order valence-corrected chi connectivity index (χ2v) is 9.92. The molecule has 0 aliphatic carbocycles. The first-order valence-electron chi connectivity index (χ1n) is 10.7. The normalized spacial score (nSPS) is 11.5. The zero-order valence-corrected chi connectivity index (χ0v) is 21.3. The van der Waals surface area contributed by atoms with Gasteiger partial charge in [0, 0.05) is 50.6 Å². The van der Waals surface area contributed by atoms with Crippen LogP contribution in [0.4, 0.5) is 10.5 Å². The smallest absolute Gasteiger partial charge is 0.414 e. The summed E-state index contributed by atoms with van der Waals surface area (Å²) < 4.78 is 40.0. The van der Waals surface area contributed by atoms with Gasteiger partial charge in [0.1, 0.15) is 5.58 Å². The Balaban J connectivity index is 1.89. The van der Waals surface area contributed by atoms with Crippen LogP contribution in [0.15, 0.2) is 45.6 Å². The zero-order valence-electron chi connectivity index (χ0n) is 19.8. The quantitative estimate of drug-likeness (QED) is 0.291. The van der Waals surface area contributed by atoms with Gasteiger partial charge in [-0.2, -0.15) is 13.1 Å². The van der Waals surface area contributed by atoms with E-state index in [1.807, 2.05) is 0 Å². The minimum Gasteiger partial charge on any atom is -0.422 e. The molecule has 0 atom stereocenters. The van der Waals surface area contributed by atoms with Crippen molar-refractivity contribution in [2.24, 2.45) is 0 Å². The number of benzene rings is 2. The summed E-state index contributed by atoms with van der Waals surface area (Å²) in [5.41, 5.74) is 1.80. The predicted octanol–water partition coefficient (Wildman–Crippen LogP) is 2.87. The van der Waals surface area contributed by atoms with Crippen LogP contribution in [0, 0.1) is 6.92 Å². The molecule has 0 radical (unpaired) electrons. The number of carbonyl (C=O) groups excluding carboxylic acids is 1. The molecule has 0 saturated carbocycles. The van der Waals surface area contributed by atoms with Gasteiger partial charge in [0.05, 0.1) is 10.7 Å². The van der Waals surface area contributed by atoms with E-state index in [2.05, 4.69) is 14.8 Å². The Labute approximate surface area is 208 Å². The van der Waals surface area contributed by atoms with Crippen molar-refractivity contribution >= 4 is 44.6 Å². The topological polar surface area (TPSA) is 130 Å². The van der Waals surface area contributed by atoms with Gasteiger partial charge in [0.25, 0.3) is 10.2 Å². The average molecular weight is 523 g/mol. The number of likely N-dealkylation sites (N-methyl/N-ethyl adjacent to an activating group) is 1. The van der Waals surface area contributed by atoms with E-state index < -0.39 is 21.9 Å². The Morgan fingerprint density at radius 1 is 1.17 bits per heavy atom. The van der Waals surface area contributed by atoms with E-state index in [4.69, 9.17) is 20.8 Å². The highest BCUT2D eigenvalue weighted by Gasteiger charge is 2.17. The molecule has 1 amide bonds. The molecule has 3 N–H and O–H groups in total. The highest BCUT2D eigenvalue weighted by atomic mass is 35.5. The van der Waals surface area contributed by atoms with Gasteiger partial charge in [-0.1, -0.05) is 23.7 Å². The van der Waals surface area contributed by atoms with Gasteiger partial charge in [-0.3, -0.25) is 4.72 Å². The monoisotopic (exact) mass is 522 g/mol. The molecule has 10 nitrogen and oxygen atoms in total. The van der Waals surface area contributed by atoms with Crippen LogP contribution in [0.1, 0.15) is 16.7 Å². The molecule has 35 heavy (non-hydrogen) atoms. The second kappa shape index (κ2) is 11.1. The minimum absolute atomic E-state index is 0.0801. The van der Waals surface area contributed by atoms with Crippen LogP contribution in [-0.2, 0) is 16.6 Å². The summed E-state index contributed by atoms with van der Waals surface area (Å²) in [7, 11) is 1.06. The van der Waals surface area contributed by atoms with Crippen molar-refractivity contribution in [3.8, 4) is 5.75 Å². The first kappa shape index (κ1) is 26.5. The number of carbonyl (C=O) groups is 1. The lowest BCUT2D eigenvalue weighted by Crippen LogP contribution is -2.34. The standard InChI is InChI=1S/C23H27ClN4O6S/c1-14-17-12-19(24)21(34-23(30)28(3)4)13-20(17)33-22(29)18(14)11-15-6-5-7-16(10-15)27-35(31,32)26-9-8-25-2/h5-7,10,12-13,25-27H,8-9,11H2,1-4H3. The summed E-state index contributed by atoms with van der Waals surface area (Å²) in [5.74, 6) is 0.0801. The van der Waals surface area contributed by atoms with Crippen molar-refractivity contribution in [1.29, 1.82) is 0 Å². The largest absolute Gasteiger partial charge is 0.422 e. The molecule has 0 spiro atoms. The van der Waals surface area contributed by atoms with E-state index in [9.17, 15) is 18.0 Å². The van der Waals surface area contributed by atoms with E-state index in [1.165, 1.54) is 25.1 Å². The molecule has 0 aliphatic heterocycles. The van der Waals surface area contributed by atoms with Crippen LogP contribution >= 0.6 is 11.6 Å². The Morgan fingerprint density at radius 3 is 2.60 bits per heavy atom. The maximum absolute atomic E-state index is 12.8. The van der Waals surface area contributed by atoms with Crippen molar-refractivity contribution in [3.05, 3.63) is 68.5 Å². The summed E-state index contributed by atoms with van der Waals surface area (Å²) in [6.07, 6.45) is -0.406. The number of anilines is 1. The van der Waals surface area contributed by atoms with Crippen LogP contribution in [0.25, 0.3) is 11.0 Å². The molecule has 12 heteroatoms. The highest BCUT2D eigenvalue weighted by molar-refractivity contribution is 7.90. The summed E-state index contributed by atoms with van der Waals surface area (Å²) in [4.78, 5) is 25.9. The lowest BCUT2D eigenvalue weighted by molar-refractivity contribution is 0.172. The number of ether oxygens (including phenoxy) is 1. The van der Waals surface area contributed by atoms with Crippen molar-refractivity contribution in [3.63, 3.8) is 0 Å². The fourth-order valence-electron chi connectivity index (χ4n) is 3.31. The van der Waals surface area contributed by atoms with Crippen molar-refractivity contribution in [2.75, 3.05) is 39.0 Å². The van der Waals surface area contributed by atoms with Gasteiger partial charge in [-0.15, -0.1) is 0 Å². The van der Waals surface area contributed by atoms with Crippen LogP contribution < -0.4 is 25.1 Å². The average Bonchev–Trinajstić information content (AvgIpc) is 2.78. The second-order valence-electron chi connectivity index (χ2n) is 8.01. The lowest BCUT2D eigenvalue weighted by Gasteiger charge is -2.14. The maximum atomic E-state index is 12.8. The minimum atomic E-state index is -3.74. The zero-order chi connectivity index (χ0) is 25.8. The molecule has 0 bridgehead atoms. The summed E-state index contributed by atoms with van der Waals surface area (Å²) in [6.45, 7) is 2.50. The van der Waals surface area contributed by atoms with Gasteiger partial charge in [-0.05, 0) is 43.3 Å². The molecule has 2 aromatic carbocycles. The Kier molecular flexibility index (Phi) is 8.39. The fourth-order valence-corrected chi connectivity index (χ4v) is 4.39. The first-order chi connectivity index (χ1) is 16.5. The SMILES string of the molecule is CNCCNS(=O)(=O)Nc1cccc(Cc2c(C)c3cc(Cl)c(OC(=O)N(C)C)cc3oc2=O)c1. The molecule has 0 aliphatic rings. The molecule has 0 saturated heterocycles. The summed E-state index contributed by atoms with van der Waals surface area (Å²) in [6, 6.07) is 9.74. The number of rotatable bonds is 9. The van der Waals surface area contributed by atoms with E-state index >= 15 is 0 Å². The number of amides is 1. The van der Waals surface area contributed by atoms with Crippen LogP contribution in [0.5, 0.6) is 5.75 Å². The van der Waals surface area contributed by atoms with Gasteiger partial charge < -0.3 is 19.4 Å².